The third-order valence-corrected chi connectivity index (χ3v) is 3.56. The molecule has 0 rings (SSSR count). The first-order chi connectivity index (χ1) is 7.79. The van der Waals surface area contributed by atoms with E-state index in [9.17, 15) is 8.42 Å². The summed E-state index contributed by atoms with van der Waals surface area (Å²) < 4.78 is 30.9. The molecular weight excluding hydrogens is 240 g/mol. The monoisotopic (exact) mass is 268 g/mol. The van der Waals surface area contributed by atoms with Crippen LogP contribution in [0.2, 0.25) is 0 Å². The van der Waals surface area contributed by atoms with E-state index in [-0.39, 0.29) is 18.5 Å². The van der Waals surface area contributed by atoms with Gasteiger partial charge >= 0.3 is 0 Å². The largest absolute Gasteiger partial charge is 0.377 e. The smallest absolute Gasteiger partial charge is 0.269 e. The number of hydrogen-bond donors (Lipinski definition) is 0. The van der Waals surface area contributed by atoms with Crippen molar-refractivity contribution in [3.63, 3.8) is 0 Å². The Balaban J connectivity index is 0. The molecule has 0 bridgehead atoms. The van der Waals surface area contributed by atoms with Gasteiger partial charge in [-0.1, -0.05) is 34.1 Å². The van der Waals surface area contributed by atoms with E-state index in [1.54, 1.807) is 0 Å². The summed E-state index contributed by atoms with van der Waals surface area (Å²) in [4.78, 5) is 0. The zero-order chi connectivity index (χ0) is 13.9. The summed E-state index contributed by atoms with van der Waals surface area (Å²) in [5.41, 5.74) is 0. The van der Waals surface area contributed by atoms with Crippen LogP contribution in [0.3, 0.4) is 0 Å². The highest BCUT2D eigenvalue weighted by Gasteiger charge is 2.08. The van der Waals surface area contributed by atoms with Crippen molar-refractivity contribution in [1.82, 2.24) is 0 Å². The first-order valence-corrected chi connectivity index (χ1v) is 7.76. The Morgan fingerprint density at radius 3 is 1.82 bits per heavy atom. The molecule has 0 aliphatic heterocycles. The lowest BCUT2D eigenvalue weighted by atomic mass is 10.2. The van der Waals surface area contributed by atoms with Crippen molar-refractivity contribution in [1.29, 1.82) is 0 Å². The van der Waals surface area contributed by atoms with Crippen LogP contribution in [0.4, 0.5) is 0 Å². The van der Waals surface area contributed by atoms with Crippen molar-refractivity contribution in [2.24, 2.45) is 5.92 Å². The van der Waals surface area contributed by atoms with Gasteiger partial charge in [-0.15, -0.1) is 0 Å². The zero-order valence-corrected chi connectivity index (χ0v) is 12.8. The molecule has 0 aliphatic rings. The predicted octanol–water partition coefficient (Wildman–Crippen LogP) is 2.83. The first kappa shape index (κ1) is 19.2. The zero-order valence-electron chi connectivity index (χ0n) is 12.0. The van der Waals surface area contributed by atoms with Crippen molar-refractivity contribution >= 4 is 10.1 Å². The molecule has 17 heavy (non-hydrogen) atoms. The molecule has 106 valence electrons. The summed E-state index contributed by atoms with van der Waals surface area (Å²) in [6.45, 7) is 10.7. The standard InChI is InChI=1S/C7H16O4S.C5H12/c1-4-7(2)11-5-6-12(8,9)10-3;1-4-5(2)3/h7H,4-6H2,1-3H3;5H,4H2,1-3H3. The molecule has 1 unspecified atom stereocenters. The molecule has 4 nitrogen and oxygen atoms in total. The van der Waals surface area contributed by atoms with Gasteiger partial charge in [0, 0.05) is 0 Å². The maximum Gasteiger partial charge on any atom is 0.269 e. The SMILES string of the molecule is CCC(C)C.CCC(C)OCCS(=O)(=O)OC. The summed E-state index contributed by atoms with van der Waals surface area (Å²) in [6.07, 6.45) is 2.30. The van der Waals surface area contributed by atoms with E-state index >= 15 is 0 Å². The van der Waals surface area contributed by atoms with Gasteiger partial charge in [-0.2, -0.15) is 8.42 Å². The second-order valence-electron chi connectivity index (χ2n) is 4.32. The second-order valence-corrected chi connectivity index (χ2v) is 6.18. The highest BCUT2D eigenvalue weighted by Crippen LogP contribution is 1.97. The third-order valence-electron chi connectivity index (χ3n) is 2.38. The molecule has 0 saturated heterocycles. The van der Waals surface area contributed by atoms with Crippen molar-refractivity contribution in [3.05, 3.63) is 0 Å². The molecule has 0 heterocycles. The summed E-state index contributed by atoms with van der Waals surface area (Å²) >= 11 is 0. The summed E-state index contributed by atoms with van der Waals surface area (Å²) in [7, 11) is -2.20. The van der Waals surface area contributed by atoms with Gasteiger partial charge in [0.05, 0.1) is 25.6 Å². The van der Waals surface area contributed by atoms with Crippen LogP contribution in [0.5, 0.6) is 0 Å². The Labute approximate surface area is 107 Å². The van der Waals surface area contributed by atoms with Crippen LogP contribution in [-0.2, 0) is 19.0 Å². The second kappa shape index (κ2) is 11.0. The minimum Gasteiger partial charge on any atom is -0.377 e. The van der Waals surface area contributed by atoms with Crippen LogP contribution in [0.1, 0.15) is 47.5 Å². The minimum atomic E-state index is -3.35. The Kier molecular flexibility index (Phi) is 12.4. The molecule has 0 aliphatic carbocycles. The molecule has 0 aromatic rings. The van der Waals surface area contributed by atoms with Crippen LogP contribution < -0.4 is 0 Å². The lowest BCUT2D eigenvalue weighted by Gasteiger charge is -2.09. The molecule has 0 radical (unpaired) electrons. The van der Waals surface area contributed by atoms with Crippen molar-refractivity contribution < 1.29 is 17.3 Å². The van der Waals surface area contributed by atoms with Gasteiger partial charge < -0.3 is 4.74 Å². The van der Waals surface area contributed by atoms with E-state index < -0.39 is 10.1 Å². The fourth-order valence-corrected chi connectivity index (χ4v) is 1.02. The summed E-state index contributed by atoms with van der Waals surface area (Å²) in [5, 5.41) is 0. The lowest BCUT2D eigenvalue weighted by molar-refractivity contribution is 0.0743. The van der Waals surface area contributed by atoms with E-state index in [4.69, 9.17) is 4.74 Å². The van der Waals surface area contributed by atoms with E-state index in [1.165, 1.54) is 6.42 Å². The van der Waals surface area contributed by atoms with Crippen LogP contribution >= 0.6 is 0 Å². The maximum absolute atomic E-state index is 10.8. The number of hydrogen-bond acceptors (Lipinski definition) is 4. The van der Waals surface area contributed by atoms with Gasteiger partial charge in [-0.25, -0.2) is 0 Å². The predicted molar refractivity (Wildman–Crippen MR) is 71.6 cm³/mol. The summed E-state index contributed by atoms with van der Waals surface area (Å²) in [6, 6.07) is 0. The van der Waals surface area contributed by atoms with Gasteiger partial charge in [0.1, 0.15) is 0 Å². The van der Waals surface area contributed by atoms with E-state index in [0.29, 0.717) is 0 Å². The van der Waals surface area contributed by atoms with E-state index in [2.05, 4.69) is 25.0 Å². The van der Waals surface area contributed by atoms with Gasteiger partial charge in [0.2, 0.25) is 0 Å². The topological polar surface area (TPSA) is 52.6 Å². The average molecular weight is 268 g/mol. The fraction of sp³-hybridized carbons (Fsp3) is 1.00. The molecule has 0 fully saturated rings. The number of rotatable bonds is 7. The van der Waals surface area contributed by atoms with E-state index in [0.717, 1.165) is 19.4 Å². The van der Waals surface area contributed by atoms with Crippen molar-refractivity contribution in [2.45, 2.75) is 53.6 Å². The van der Waals surface area contributed by atoms with Crippen LogP contribution in [0, 0.1) is 5.92 Å². The average Bonchev–Trinajstić information content (AvgIpc) is 2.29. The lowest BCUT2D eigenvalue weighted by Crippen LogP contribution is -2.17. The highest BCUT2D eigenvalue weighted by atomic mass is 32.2. The van der Waals surface area contributed by atoms with Gasteiger partial charge in [-0.3, -0.25) is 4.18 Å². The van der Waals surface area contributed by atoms with Crippen molar-refractivity contribution in [3.8, 4) is 0 Å². The molecule has 0 spiro atoms. The van der Waals surface area contributed by atoms with Gasteiger partial charge in [0.15, 0.2) is 0 Å². The van der Waals surface area contributed by atoms with Crippen LogP contribution in [0.25, 0.3) is 0 Å². The molecule has 0 saturated carbocycles. The normalized spacial score (nSPS) is 13.1. The first-order valence-electron chi connectivity index (χ1n) is 6.18. The molecule has 0 aromatic heterocycles. The number of ether oxygens (including phenoxy) is 1. The van der Waals surface area contributed by atoms with Crippen LogP contribution in [0.15, 0.2) is 0 Å². The molecule has 0 aromatic carbocycles. The molecule has 5 heteroatoms. The maximum atomic E-state index is 10.8. The Morgan fingerprint density at radius 2 is 1.53 bits per heavy atom. The molecule has 1 atom stereocenters. The van der Waals surface area contributed by atoms with E-state index in [1.807, 2.05) is 13.8 Å². The highest BCUT2D eigenvalue weighted by molar-refractivity contribution is 7.86. The minimum absolute atomic E-state index is 0.0756. The molecule has 0 N–H and O–H groups in total. The van der Waals surface area contributed by atoms with Crippen LogP contribution in [-0.4, -0.2) is 34.0 Å². The third kappa shape index (κ3) is 15.9. The molecular formula is C12H28O4S. The fourth-order valence-electron chi connectivity index (χ4n) is 0.553. The Bertz CT molecular complexity index is 247. The summed E-state index contributed by atoms with van der Waals surface area (Å²) in [5.74, 6) is 0.809. The quantitative estimate of drug-likeness (QED) is 0.666. The van der Waals surface area contributed by atoms with Crippen molar-refractivity contribution in [2.75, 3.05) is 19.5 Å². The Hall–Kier alpha value is -0.130. The molecule has 0 amide bonds. The van der Waals surface area contributed by atoms with Gasteiger partial charge in [0.25, 0.3) is 10.1 Å². The van der Waals surface area contributed by atoms with Gasteiger partial charge in [-0.05, 0) is 19.3 Å². The Morgan fingerprint density at radius 1 is 1.06 bits per heavy atom.